The van der Waals surface area contributed by atoms with Gasteiger partial charge in [-0.1, -0.05) is 20.8 Å². The number of nitrogens with zero attached hydrogens (tertiary/aromatic N) is 3. The molecule has 0 amide bonds. The van der Waals surface area contributed by atoms with E-state index in [1.54, 1.807) is 6.33 Å². The molecule has 0 aliphatic carbocycles. The Hall–Kier alpha value is -0.940. The van der Waals surface area contributed by atoms with Crippen LogP contribution in [0.25, 0.3) is 0 Å². The highest BCUT2D eigenvalue weighted by molar-refractivity contribution is 4.81. The molecule has 92 valence electrons. The van der Waals surface area contributed by atoms with Crippen molar-refractivity contribution in [2.75, 3.05) is 19.7 Å². The fourth-order valence-electron chi connectivity index (χ4n) is 1.38. The fraction of sp³-hybridized carbons (Fsp3) is 0.818. The largest absolute Gasteiger partial charge is 0.372 e. The van der Waals surface area contributed by atoms with Crippen LogP contribution in [0.2, 0.25) is 0 Å². The first-order chi connectivity index (χ1) is 7.74. The van der Waals surface area contributed by atoms with Gasteiger partial charge in [0.2, 0.25) is 0 Å². The number of hydrogen-bond donors (Lipinski definition) is 1. The zero-order valence-corrected chi connectivity index (χ0v) is 10.4. The van der Waals surface area contributed by atoms with Crippen LogP contribution < -0.4 is 5.32 Å². The van der Waals surface area contributed by atoms with Crippen LogP contribution in [0.4, 0.5) is 0 Å². The van der Waals surface area contributed by atoms with E-state index in [-0.39, 0.29) is 0 Å². The van der Waals surface area contributed by atoms with Gasteiger partial charge in [0.1, 0.15) is 12.9 Å². The van der Waals surface area contributed by atoms with Crippen LogP contribution in [0.5, 0.6) is 0 Å². The monoisotopic (exact) mass is 226 g/mol. The molecule has 1 heterocycles. The number of likely N-dealkylation sites (N-methyl/N-ethyl adjacent to an activating group) is 1. The SMILES string of the molecule is CCNCCOCc1ncnn1CC(C)C. The summed E-state index contributed by atoms with van der Waals surface area (Å²) in [6.07, 6.45) is 1.59. The summed E-state index contributed by atoms with van der Waals surface area (Å²) >= 11 is 0. The van der Waals surface area contributed by atoms with E-state index in [2.05, 4.69) is 36.2 Å². The Labute approximate surface area is 97.2 Å². The molecule has 0 saturated heterocycles. The van der Waals surface area contributed by atoms with Crippen LogP contribution >= 0.6 is 0 Å². The van der Waals surface area contributed by atoms with Gasteiger partial charge in [0.25, 0.3) is 0 Å². The Morgan fingerprint density at radius 3 is 3.00 bits per heavy atom. The normalized spacial score (nSPS) is 11.2. The maximum atomic E-state index is 5.52. The molecule has 1 aromatic rings. The first kappa shape index (κ1) is 13.1. The van der Waals surface area contributed by atoms with Crippen molar-refractivity contribution >= 4 is 0 Å². The zero-order valence-electron chi connectivity index (χ0n) is 10.4. The summed E-state index contributed by atoms with van der Waals surface area (Å²) in [5.41, 5.74) is 0. The van der Waals surface area contributed by atoms with Crippen molar-refractivity contribution < 1.29 is 4.74 Å². The molecule has 0 fully saturated rings. The molecule has 0 unspecified atom stereocenters. The summed E-state index contributed by atoms with van der Waals surface area (Å²) in [6.45, 7) is 10.4. The standard InChI is InChI=1S/C11H22N4O/c1-4-12-5-6-16-8-11-13-9-14-15(11)7-10(2)3/h9-10,12H,4-8H2,1-3H3. The Kier molecular flexibility index (Phi) is 6.03. The summed E-state index contributed by atoms with van der Waals surface area (Å²) in [4.78, 5) is 4.19. The molecule has 0 bridgehead atoms. The highest BCUT2D eigenvalue weighted by Gasteiger charge is 2.05. The molecule has 5 heteroatoms. The molecule has 0 saturated carbocycles. The van der Waals surface area contributed by atoms with Crippen molar-refractivity contribution in [1.82, 2.24) is 20.1 Å². The lowest BCUT2D eigenvalue weighted by atomic mass is 10.2. The lowest BCUT2D eigenvalue weighted by Gasteiger charge is -2.09. The zero-order chi connectivity index (χ0) is 11.8. The second kappa shape index (κ2) is 7.35. The van der Waals surface area contributed by atoms with Crippen LogP contribution in [0.1, 0.15) is 26.6 Å². The number of aromatic nitrogens is 3. The average molecular weight is 226 g/mol. The van der Waals surface area contributed by atoms with Crippen LogP contribution in [0, 0.1) is 5.92 Å². The van der Waals surface area contributed by atoms with Crippen molar-refractivity contribution in [2.45, 2.75) is 33.9 Å². The van der Waals surface area contributed by atoms with Gasteiger partial charge in [0, 0.05) is 13.1 Å². The minimum absolute atomic E-state index is 0.540. The van der Waals surface area contributed by atoms with Crippen molar-refractivity contribution in [3.8, 4) is 0 Å². The van der Waals surface area contributed by atoms with Gasteiger partial charge in [-0.05, 0) is 12.5 Å². The van der Waals surface area contributed by atoms with E-state index < -0.39 is 0 Å². The first-order valence-electron chi connectivity index (χ1n) is 5.89. The highest BCUT2D eigenvalue weighted by atomic mass is 16.5. The maximum absolute atomic E-state index is 5.52. The Morgan fingerprint density at radius 1 is 1.50 bits per heavy atom. The summed E-state index contributed by atoms with van der Waals surface area (Å²) in [6, 6.07) is 0. The Morgan fingerprint density at radius 2 is 2.31 bits per heavy atom. The number of nitrogens with one attached hydrogen (secondary N) is 1. The smallest absolute Gasteiger partial charge is 0.152 e. The topological polar surface area (TPSA) is 52.0 Å². The van der Waals surface area contributed by atoms with Gasteiger partial charge in [0.05, 0.1) is 6.61 Å². The lowest BCUT2D eigenvalue weighted by Crippen LogP contribution is -2.19. The van der Waals surface area contributed by atoms with Crippen LogP contribution in [0.15, 0.2) is 6.33 Å². The molecule has 0 aromatic carbocycles. The fourth-order valence-corrected chi connectivity index (χ4v) is 1.38. The molecule has 1 rings (SSSR count). The van der Waals surface area contributed by atoms with E-state index in [4.69, 9.17) is 4.74 Å². The third-order valence-electron chi connectivity index (χ3n) is 2.14. The summed E-state index contributed by atoms with van der Waals surface area (Å²) in [7, 11) is 0. The number of rotatable bonds is 8. The van der Waals surface area contributed by atoms with E-state index in [1.165, 1.54) is 0 Å². The maximum Gasteiger partial charge on any atom is 0.152 e. The number of hydrogen-bond acceptors (Lipinski definition) is 4. The molecule has 5 nitrogen and oxygen atoms in total. The minimum Gasteiger partial charge on any atom is -0.372 e. The van der Waals surface area contributed by atoms with E-state index in [1.807, 2.05) is 4.68 Å². The van der Waals surface area contributed by atoms with Crippen LogP contribution in [-0.2, 0) is 17.9 Å². The van der Waals surface area contributed by atoms with Gasteiger partial charge in [-0.15, -0.1) is 0 Å². The summed E-state index contributed by atoms with van der Waals surface area (Å²) < 4.78 is 7.43. The molecule has 1 N–H and O–H groups in total. The van der Waals surface area contributed by atoms with Crippen LogP contribution in [-0.4, -0.2) is 34.5 Å². The highest BCUT2D eigenvalue weighted by Crippen LogP contribution is 2.02. The predicted molar refractivity (Wildman–Crippen MR) is 63.1 cm³/mol. The molecule has 0 aliphatic rings. The predicted octanol–water partition coefficient (Wildman–Crippen LogP) is 1.06. The third-order valence-corrected chi connectivity index (χ3v) is 2.14. The molecule has 1 aromatic heterocycles. The van der Waals surface area contributed by atoms with Crippen molar-refractivity contribution in [3.63, 3.8) is 0 Å². The van der Waals surface area contributed by atoms with Crippen molar-refractivity contribution in [3.05, 3.63) is 12.2 Å². The molecular formula is C11H22N4O. The minimum atomic E-state index is 0.540. The van der Waals surface area contributed by atoms with Gasteiger partial charge >= 0.3 is 0 Å². The molecule has 0 aliphatic heterocycles. The quantitative estimate of drug-likeness (QED) is 0.673. The van der Waals surface area contributed by atoms with Gasteiger partial charge in [-0.25, -0.2) is 9.67 Å². The summed E-state index contributed by atoms with van der Waals surface area (Å²) in [5.74, 6) is 1.48. The van der Waals surface area contributed by atoms with Gasteiger partial charge in [-0.2, -0.15) is 5.10 Å². The first-order valence-corrected chi connectivity index (χ1v) is 5.89. The Bertz CT molecular complexity index is 285. The van der Waals surface area contributed by atoms with Gasteiger partial charge in [-0.3, -0.25) is 0 Å². The van der Waals surface area contributed by atoms with E-state index in [0.717, 1.165) is 25.5 Å². The van der Waals surface area contributed by atoms with E-state index in [0.29, 0.717) is 19.1 Å². The second-order valence-corrected chi connectivity index (χ2v) is 4.16. The van der Waals surface area contributed by atoms with Crippen LogP contribution in [0.3, 0.4) is 0 Å². The lowest BCUT2D eigenvalue weighted by molar-refractivity contribution is 0.113. The molecule has 0 radical (unpaired) electrons. The molecular weight excluding hydrogens is 204 g/mol. The van der Waals surface area contributed by atoms with Crippen molar-refractivity contribution in [2.24, 2.45) is 5.92 Å². The average Bonchev–Trinajstić information content (AvgIpc) is 2.64. The third kappa shape index (κ3) is 4.72. The van der Waals surface area contributed by atoms with Gasteiger partial charge < -0.3 is 10.1 Å². The molecule has 0 atom stereocenters. The molecule has 0 spiro atoms. The molecule has 16 heavy (non-hydrogen) atoms. The van der Waals surface area contributed by atoms with E-state index in [9.17, 15) is 0 Å². The van der Waals surface area contributed by atoms with E-state index >= 15 is 0 Å². The second-order valence-electron chi connectivity index (χ2n) is 4.16. The Balaban J connectivity index is 2.27. The van der Waals surface area contributed by atoms with Crippen molar-refractivity contribution in [1.29, 1.82) is 0 Å². The number of ether oxygens (including phenoxy) is 1. The van der Waals surface area contributed by atoms with Gasteiger partial charge in [0.15, 0.2) is 5.82 Å². The summed E-state index contributed by atoms with van der Waals surface area (Å²) in [5, 5.41) is 7.39.